The Kier molecular flexibility index (Phi) is 9.35. The minimum absolute atomic E-state index is 0.153. The summed E-state index contributed by atoms with van der Waals surface area (Å²) in [5.41, 5.74) is 16.2. The highest BCUT2D eigenvalue weighted by Crippen LogP contribution is 2.05. The number of unbranched alkanes of at least 4 members (excludes halogenated alkanes) is 1. The first-order chi connectivity index (χ1) is 10.2. The molecule has 22 heavy (non-hydrogen) atoms. The second kappa shape index (κ2) is 10.1. The van der Waals surface area contributed by atoms with E-state index in [0.717, 1.165) is 6.42 Å². The van der Waals surface area contributed by atoms with Crippen molar-refractivity contribution >= 4 is 17.7 Å². The van der Waals surface area contributed by atoms with E-state index in [9.17, 15) is 14.4 Å². The Morgan fingerprint density at radius 2 is 1.59 bits per heavy atom. The molecule has 0 bridgehead atoms. The summed E-state index contributed by atoms with van der Waals surface area (Å²) in [5, 5.41) is 5.17. The summed E-state index contributed by atoms with van der Waals surface area (Å²) in [6, 6.07) is -2.26. The lowest BCUT2D eigenvalue weighted by molar-refractivity contribution is -0.132. The van der Waals surface area contributed by atoms with Crippen LogP contribution in [0, 0.1) is 5.92 Å². The van der Waals surface area contributed by atoms with Crippen molar-refractivity contribution < 1.29 is 14.4 Å². The van der Waals surface area contributed by atoms with E-state index < -0.39 is 35.8 Å². The summed E-state index contributed by atoms with van der Waals surface area (Å²) in [7, 11) is 0. The molecule has 0 rings (SSSR count). The fraction of sp³-hybridized carbons (Fsp3) is 0.786. The molecule has 0 saturated heterocycles. The van der Waals surface area contributed by atoms with E-state index in [1.165, 1.54) is 6.92 Å². The van der Waals surface area contributed by atoms with Crippen LogP contribution in [0.4, 0.5) is 0 Å². The van der Waals surface area contributed by atoms with Gasteiger partial charge in [-0.1, -0.05) is 13.8 Å². The zero-order valence-corrected chi connectivity index (χ0v) is 13.6. The molecule has 0 fully saturated rings. The van der Waals surface area contributed by atoms with Crippen molar-refractivity contribution in [2.24, 2.45) is 23.1 Å². The van der Waals surface area contributed by atoms with Crippen LogP contribution in [0.3, 0.4) is 0 Å². The van der Waals surface area contributed by atoms with Crippen molar-refractivity contribution in [3.63, 3.8) is 0 Å². The quantitative estimate of drug-likeness (QED) is 0.313. The molecule has 0 aliphatic heterocycles. The van der Waals surface area contributed by atoms with Crippen LogP contribution in [0.2, 0.25) is 0 Å². The van der Waals surface area contributed by atoms with Gasteiger partial charge in [0.05, 0.1) is 6.04 Å². The molecule has 8 N–H and O–H groups in total. The molecule has 128 valence electrons. The smallest absolute Gasteiger partial charge is 0.243 e. The molecule has 0 aromatic carbocycles. The number of rotatable bonds is 10. The number of nitrogens with two attached hydrogens (primary N) is 3. The van der Waals surface area contributed by atoms with Crippen molar-refractivity contribution in [2.45, 2.75) is 58.2 Å². The SMILES string of the molecule is CC(C)[C@H](NC(=O)[C@H](C)N)C(=O)N[C@@H](CCCCN)C(N)=O. The molecule has 0 unspecified atom stereocenters. The van der Waals surface area contributed by atoms with E-state index in [1.54, 1.807) is 13.8 Å². The first kappa shape index (κ1) is 20.3. The van der Waals surface area contributed by atoms with Crippen LogP contribution in [-0.2, 0) is 14.4 Å². The fourth-order valence-electron chi connectivity index (χ4n) is 1.86. The van der Waals surface area contributed by atoms with Crippen LogP contribution in [0.15, 0.2) is 0 Å². The number of primary amides is 1. The first-order valence-electron chi connectivity index (χ1n) is 7.56. The Morgan fingerprint density at radius 1 is 1.00 bits per heavy atom. The van der Waals surface area contributed by atoms with Crippen molar-refractivity contribution in [1.82, 2.24) is 10.6 Å². The largest absolute Gasteiger partial charge is 0.368 e. The van der Waals surface area contributed by atoms with Gasteiger partial charge in [0, 0.05) is 0 Å². The minimum Gasteiger partial charge on any atom is -0.368 e. The van der Waals surface area contributed by atoms with Gasteiger partial charge in [-0.05, 0) is 38.6 Å². The van der Waals surface area contributed by atoms with Crippen LogP contribution < -0.4 is 27.8 Å². The van der Waals surface area contributed by atoms with Crippen LogP contribution in [0.1, 0.15) is 40.0 Å². The Balaban J connectivity index is 4.76. The zero-order chi connectivity index (χ0) is 17.3. The van der Waals surface area contributed by atoms with Gasteiger partial charge in [0.2, 0.25) is 17.7 Å². The van der Waals surface area contributed by atoms with Crippen LogP contribution in [-0.4, -0.2) is 42.4 Å². The predicted molar refractivity (Wildman–Crippen MR) is 84.4 cm³/mol. The van der Waals surface area contributed by atoms with Crippen molar-refractivity contribution in [3.8, 4) is 0 Å². The second-order valence-electron chi connectivity index (χ2n) is 5.77. The highest BCUT2D eigenvalue weighted by molar-refractivity contribution is 5.92. The van der Waals surface area contributed by atoms with Gasteiger partial charge >= 0.3 is 0 Å². The Labute approximate surface area is 131 Å². The van der Waals surface area contributed by atoms with Gasteiger partial charge in [-0.2, -0.15) is 0 Å². The van der Waals surface area contributed by atoms with Gasteiger partial charge in [0.15, 0.2) is 0 Å². The lowest BCUT2D eigenvalue weighted by Crippen LogP contribution is -2.56. The molecule has 0 saturated carbocycles. The number of hydrogen-bond donors (Lipinski definition) is 5. The average Bonchev–Trinajstić information content (AvgIpc) is 2.42. The van der Waals surface area contributed by atoms with E-state index in [-0.39, 0.29) is 5.92 Å². The molecular formula is C14H29N5O3. The molecule has 0 heterocycles. The summed E-state index contributed by atoms with van der Waals surface area (Å²) >= 11 is 0. The Hall–Kier alpha value is -1.67. The molecule has 0 aliphatic rings. The van der Waals surface area contributed by atoms with E-state index >= 15 is 0 Å². The molecular weight excluding hydrogens is 286 g/mol. The monoisotopic (exact) mass is 315 g/mol. The number of carbonyl (C=O) groups excluding carboxylic acids is 3. The van der Waals surface area contributed by atoms with Crippen molar-refractivity contribution in [3.05, 3.63) is 0 Å². The summed E-state index contributed by atoms with van der Waals surface area (Å²) < 4.78 is 0. The standard InChI is InChI=1S/C14H29N5O3/c1-8(2)11(19-13(21)9(3)16)14(22)18-10(12(17)20)6-4-5-7-15/h8-11H,4-7,15-16H2,1-3H3,(H2,17,20)(H,18,22)(H,19,21)/t9-,10-,11-/m0/s1. The van der Waals surface area contributed by atoms with E-state index in [0.29, 0.717) is 19.4 Å². The maximum absolute atomic E-state index is 12.3. The third kappa shape index (κ3) is 7.37. The number of nitrogens with one attached hydrogen (secondary N) is 2. The van der Waals surface area contributed by atoms with Crippen molar-refractivity contribution in [2.75, 3.05) is 6.54 Å². The van der Waals surface area contributed by atoms with E-state index in [1.807, 2.05) is 0 Å². The lowest BCUT2D eigenvalue weighted by Gasteiger charge is -2.25. The van der Waals surface area contributed by atoms with Crippen molar-refractivity contribution in [1.29, 1.82) is 0 Å². The Bertz CT molecular complexity index is 385. The van der Waals surface area contributed by atoms with Crippen LogP contribution in [0.5, 0.6) is 0 Å². The summed E-state index contributed by atoms with van der Waals surface area (Å²) in [4.78, 5) is 35.4. The van der Waals surface area contributed by atoms with Gasteiger partial charge in [-0.15, -0.1) is 0 Å². The van der Waals surface area contributed by atoms with Gasteiger partial charge in [-0.3, -0.25) is 14.4 Å². The topological polar surface area (TPSA) is 153 Å². The van der Waals surface area contributed by atoms with Gasteiger partial charge in [0.25, 0.3) is 0 Å². The maximum Gasteiger partial charge on any atom is 0.243 e. The lowest BCUT2D eigenvalue weighted by atomic mass is 10.0. The Morgan fingerprint density at radius 3 is 2.00 bits per heavy atom. The van der Waals surface area contributed by atoms with E-state index in [2.05, 4.69) is 10.6 Å². The number of hydrogen-bond acceptors (Lipinski definition) is 5. The average molecular weight is 315 g/mol. The van der Waals surface area contributed by atoms with Crippen LogP contribution >= 0.6 is 0 Å². The number of amides is 3. The fourth-order valence-corrected chi connectivity index (χ4v) is 1.86. The molecule has 3 amide bonds. The molecule has 8 nitrogen and oxygen atoms in total. The van der Waals surface area contributed by atoms with Gasteiger partial charge in [0.1, 0.15) is 12.1 Å². The van der Waals surface area contributed by atoms with Gasteiger partial charge in [-0.25, -0.2) is 0 Å². The minimum atomic E-state index is -0.771. The molecule has 0 aromatic heterocycles. The third-order valence-electron chi connectivity index (χ3n) is 3.27. The summed E-state index contributed by atoms with van der Waals surface area (Å²) in [6.07, 6.45) is 1.85. The predicted octanol–water partition coefficient (Wildman–Crippen LogP) is -1.43. The summed E-state index contributed by atoms with van der Waals surface area (Å²) in [5.74, 6) is -1.63. The highest BCUT2D eigenvalue weighted by atomic mass is 16.2. The first-order valence-corrected chi connectivity index (χ1v) is 7.56. The number of carbonyl (C=O) groups is 3. The highest BCUT2D eigenvalue weighted by Gasteiger charge is 2.28. The second-order valence-corrected chi connectivity index (χ2v) is 5.77. The molecule has 3 atom stereocenters. The normalized spacial score (nSPS) is 15.0. The molecule has 0 radical (unpaired) electrons. The molecule has 0 aromatic rings. The third-order valence-corrected chi connectivity index (χ3v) is 3.27. The summed E-state index contributed by atoms with van der Waals surface area (Å²) in [6.45, 7) is 5.63. The molecule has 0 spiro atoms. The van der Waals surface area contributed by atoms with Crippen LogP contribution in [0.25, 0.3) is 0 Å². The molecule has 8 heteroatoms. The molecule has 0 aliphatic carbocycles. The van der Waals surface area contributed by atoms with E-state index in [4.69, 9.17) is 17.2 Å². The van der Waals surface area contributed by atoms with Gasteiger partial charge < -0.3 is 27.8 Å². The maximum atomic E-state index is 12.3. The zero-order valence-electron chi connectivity index (χ0n) is 13.6.